The first kappa shape index (κ1) is 18.4. The molecule has 1 aromatic carbocycles. The van der Waals surface area contributed by atoms with E-state index in [1.54, 1.807) is 18.0 Å². The molecule has 1 aromatic rings. The lowest BCUT2D eigenvalue weighted by molar-refractivity contribution is -0.121. The summed E-state index contributed by atoms with van der Waals surface area (Å²) in [6.45, 7) is 2.67. The molecule has 0 saturated heterocycles. The van der Waals surface area contributed by atoms with Crippen molar-refractivity contribution in [1.29, 1.82) is 0 Å². The van der Waals surface area contributed by atoms with Gasteiger partial charge in [0.05, 0.1) is 6.54 Å². The van der Waals surface area contributed by atoms with Crippen molar-refractivity contribution >= 4 is 23.5 Å². The third kappa shape index (κ3) is 6.41. The van der Waals surface area contributed by atoms with E-state index in [-0.39, 0.29) is 13.1 Å². The van der Waals surface area contributed by atoms with E-state index in [0.717, 1.165) is 12.8 Å². The molecule has 0 atom stereocenters. The lowest BCUT2D eigenvalue weighted by atomic mass is 10.2. The minimum atomic E-state index is -0.518. The number of urea groups is 1. The standard InChI is InChI=1S/C15H21ClFN3O2/c1-3-4-8-18-15(22)19-14(21)10-20(2)9-11-12(16)6-5-7-13(11)17/h5-7H,3-4,8-10H2,1-2H3,(H2,18,19,21,22). The van der Waals surface area contributed by atoms with Gasteiger partial charge in [0.2, 0.25) is 5.91 Å². The molecule has 0 saturated carbocycles. The molecule has 0 radical (unpaired) electrons. The van der Waals surface area contributed by atoms with Crippen molar-refractivity contribution in [1.82, 2.24) is 15.5 Å². The Bertz CT molecular complexity index is 505. The van der Waals surface area contributed by atoms with Crippen LogP contribution in [-0.2, 0) is 11.3 Å². The summed E-state index contributed by atoms with van der Waals surface area (Å²) in [7, 11) is 1.65. The molecule has 3 amide bonds. The van der Waals surface area contributed by atoms with Gasteiger partial charge in [0.1, 0.15) is 5.82 Å². The molecule has 122 valence electrons. The molecule has 0 unspecified atom stereocenters. The van der Waals surface area contributed by atoms with Crippen LogP contribution < -0.4 is 10.6 Å². The second-order valence-electron chi connectivity index (χ2n) is 5.03. The number of unbranched alkanes of at least 4 members (excludes halogenated alkanes) is 1. The number of carbonyl (C=O) groups excluding carboxylic acids is 2. The number of rotatable bonds is 7. The Morgan fingerprint density at radius 3 is 2.73 bits per heavy atom. The first-order chi connectivity index (χ1) is 10.4. The fraction of sp³-hybridized carbons (Fsp3) is 0.467. The number of amides is 3. The van der Waals surface area contributed by atoms with Gasteiger partial charge < -0.3 is 5.32 Å². The lowest BCUT2D eigenvalue weighted by Gasteiger charge is -2.17. The van der Waals surface area contributed by atoms with Crippen LogP contribution in [0.1, 0.15) is 25.3 Å². The van der Waals surface area contributed by atoms with Crippen LogP contribution in [0.2, 0.25) is 5.02 Å². The zero-order valence-electron chi connectivity index (χ0n) is 12.8. The van der Waals surface area contributed by atoms with E-state index in [2.05, 4.69) is 10.6 Å². The van der Waals surface area contributed by atoms with Gasteiger partial charge in [-0.3, -0.25) is 15.0 Å². The van der Waals surface area contributed by atoms with Gasteiger partial charge in [-0.2, -0.15) is 0 Å². The fourth-order valence-corrected chi connectivity index (χ4v) is 2.07. The number of hydrogen-bond acceptors (Lipinski definition) is 3. The molecule has 0 aromatic heterocycles. The summed E-state index contributed by atoms with van der Waals surface area (Å²) in [6, 6.07) is 3.91. The van der Waals surface area contributed by atoms with Crippen LogP contribution in [0.5, 0.6) is 0 Å². The first-order valence-electron chi connectivity index (χ1n) is 7.13. The summed E-state index contributed by atoms with van der Waals surface area (Å²) < 4.78 is 13.7. The van der Waals surface area contributed by atoms with Gasteiger partial charge in [0.25, 0.3) is 0 Å². The molecule has 22 heavy (non-hydrogen) atoms. The number of imide groups is 1. The van der Waals surface area contributed by atoms with E-state index >= 15 is 0 Å². The van der Waals surface area contributed by atoms with Crippen molar-refractivity contribution in [2.24, 2.45) is 0 Å². The maximum absolute atomic E-state index is 13.7. The van der Waals surface area contributed by atoms with Crippen LogP contribution >= 0.6 is 11.6 Å². The lowest BCUT2D eigenvalue weighted by Crippen LogP contribution is -2.43. The van der Waals surface area contributed by atoms with Gasteiger partial charge in [-0.1, -0.05) is 31.0 Å². The Morgan fingerprint density at radius 2 is 2.09 bits per heavy atom. The van der Waals surface area contributed by atoms with Gasteiger partial charge in [-0.05, 0) is 25.6 Å². The minimum Gasteiger partial charge on any atom is -0.338 e. The third-order valence-corrected chi connectivity index (χ3v) is 3.33. The molecular formula is C15H21ClFN3O2. The Hall–Kier alpha value is -1.66. The van der Waals surface area contributed by atoms with Gasteiger partial charge in [-0.15, -0.1) is 0 Å². The molecular weight excluding hydrogens is 309 g/mol. The molecule has 0 spiro atoms. The van der Waals surface area contributed by atoms with E-state index in [0.29, 0.717) is 17.1 Å². The molecule has 1 rings (SSSR count). The number of nitrogens with zero attached hydrogens (tertiary/aromatic N) is 1. The number of halogens is 2. The van der Waals surface area contributed by atoms with Crippen molar-refractivity contribution in [2.75, 3.05) is 20.1 Å². The summed E-state index contributed by atoms with van der Waals surface area (Å²) in [5.74, 6) is -0.874. The quantitative estimate of drug-likeness (QED) is 0.756. The summed E-state index contributed by atoms with van der Waals surface area (Å²) in [4.78, 5) is 24.7. The smallest absolute Gasteiger partial charge is 0.321 e. The Kier molecular flexibility index (Phi) is 7.84. The maximum atomic E-state index is 13.7. The summed E-state index contributed by atoms with van der Waals surface area (Å²) in [5, 5.41) is 5.12. The Morgan fingerprint density at radius 1 is 1.36 bits per heavy atom. The molecule has 7 heteroatoms. The summed E-state index contributed by atoms with van der Waals surface area (Å²) in [6.07, 6.45) is 1.81. The fourth-order valence-electron chi connectivity index (χ4n) is 1.84. The molecule has 0 aliphatic heterocycles. The van der Waals surface area contributed by atoms with Crippen LogP contribution in [0.3, 0.4) is 0 Å². The van der Waals surface area contributed by atoms with E-state index in [9.17, 15) is 14.0 Å². The van der Waals surface area contributed by atoms with Gasteiger partial charge >= 0.3 is 6.03 Å². The van der Waals surface area contributed by atoms with Crippen LogP contribution in [0.15, 0.2) is 18.2 Å². The summed E-state index contributed by atoms with van der Waals surface area (Å²) >= 11 is 5.93. The minimum absolute atomic E-state index is 0.0359. The van der Waals surface area contributed by atoms with Crippen molar-refractivity contribution < 1.29 is 14.0 Å². The Labute approximate surface area is 134 Å². The highest BCUT2D eigenvalue weighted by Crippen LogP contribution is 2.20. The second kappa shape index (κ2) is 9.38. The molecule has 2 N–H and O–H groups in total. The van der Waals surface area contributed by atoms with Crippen molar-refractivity contribution in [3.63, 3.8) is 0 Å². The van der Waals surface area contributed by atoms with Crippen LogP contribution in [-0.4, -0.2) is 37.0 Å². The molecule has 0 bridgehead atoms. The topological polar surface area (TPSA) is 61.4 Å². The first-order valence-corrected chi connectivity index (χ1v) is 7.51. The van der Waals surface area contributed by atoms with E-state index in [4.69, 9.17) is 11.6 Å². The Balaban J connectivity index is 2.43. The van der Waals surface area contributed by atoms with Crippen LogP contribution in [0, 0.1) is 5.82 Å². The third-order valence-electron chi connectivity index (χ3n) is 2.97. The van der Waals surface area contributed by atoms with Crippen molar-refractivity contribution in [3.8, 4) is 0 Å². The van der Waals surface area contributed by atoms with E-state index in [1.807, 2.05) is 6.92 Å². The highest BCUT2D eigenvalue weighted by atomic mass is 35.5. The van der Waals surface area contributed by atoms with E-state index < -0.39 is 17.8 Å². The van der Waals surface area contributed by atoms with Crippen molar-refractivity contribution in [2.45, 2.75) is 26.3 Å². The largest absolute Gasteiger partial charge is 0.338 e. The van der Waals surface area contributed by atoms with Gasteiger partial charge in [0.15, 0.2) is 0 Å². The van der Waals surface area contributed by atoms with Crippen molar-refractivity contribution in [3.05, 3.63) is 34.6 Å². The number of benzene rings is 1. The van der Waals surface area contributed by atoms with Crippen LogP contribution in [0.25, 0.3) is 0 Å². The number of nitrogens with one attached hydrogen (secondary N) is 2. The zero-order chi connectivity index (χ0) is 16.5. The molecule has 0 fully saturated rings. The number of likely N-dealkylation sites (N-methyl/N-ethyl adjacent to an activating group) is 1. The molecule has 5 nitrogen and oxygen atoms in total. The number of carbonyl (C=O) groups is 2. The highest BCUT2D eigenvalue weighted by Gasteiger charge is 2.13. The predicted octanol–water partition coefficient (Wildman–Crippen LogP) is 2.54. The zero-order valence-corrected chi connectivity index (χ0v) is 13.5. The molecule has 0 heterocycles. The monoisotopic (exact) mass is 329 g/mol. The molecule has 0 aliphatic carbocycles. The average molecular weight is 330 g/mol. The number of hydrogen-bond donors (Lipinski definition) is 2. The second-order valence-corrected chi connectivity index (χ2v) is 5.44. The average Bonchev–Trinajstić information content (AvgIpc) is 2.43. The highest BCUT2D eigenvalue weighted by molar-refractivity contribution is 6.31. The predicted molar refractivity (Wildman–Crippen MR) is 84.2 cm³/mol. The SMILES string of the molecule is CCCCNC(=O)NC(=O)CN(C)Cc1c(F)cccc1Cl. The van der Waals surface area contributed by atoms with Gasteiger partial charge in [-0.25, -0.2) is 9.18 Å². The van der Waals surface area contributed by atoms with E-state index in [1.165, 1.54) is 12.1 Å². The van der Waals surface area contributed by atoms with Gasteiger partial charge in [0, 0.05) is 23.7 Å². The van der Waals surface area contributed by atoms with Crippen LogP contribution in [0.4, 0.5) is 9.18 Å². The maximum Gasteiger partial charge on any atom is 0.321 e. The molecule has 0 aliphatic rings. The summed E-state index contributed by atoms with van der Waals surface area (Å²) in [5.41, 5.74) is 0.326. The normalized spacial score (nSPS) is 10.6.